The molecule has 2 aromatic rings. The fraction of sp³-hybridized carbons (Fsp3) is 0.304. The van der Waals surface area contributed by atoms with Gasteiger partial charge < -0.3 is 10.2 Å². The van der Waals surface area contributed by atoms with Gasteiger partial charge in [-0.25, -0.2) is 0 Å². The summed E-state index contributed by atoms with van der Waals surface area (Å²) in [5.74, 6) is -0.215. The summed E-state index contributed by atoms with van der Waals surface area (Å²) in [5, 5.41) is 15.2. The van der Waals surface area contributed by atoms with Gasteiger partial charge >= 0.3 is 0 Å². The number of amides is 1. The van der Waals surface area contributed by atoms with Crippen molar-refractivity contribution in [1.82, 2.24) is 5.32 Å². The normalized spacial score (nSPS) is 19.6. The Bertz CT molecular complexity index is 1050. The van der Waals surface area contributed by atoms with Crippen molar-refractivity contribution < 1.29 is 9.72 Å². The number of para-hydroxylation sites is 1. The Balaban J connectivity index is 1.58. The maximum atomic E-state index is 12.4. The molecule has 2 fully saturated rings. The van der Waals surface area contributed by atoms with E-state index in [1.54, 1.807) is 30.2 Å². The number of amidine groups is 1. The molecule has 0 bridgehead atoms. The third-order valence-corrected chi connectivity index (χ3v) is 6.45. The predicted molar refractivity (Wildman–Crippen MR) is 126 cm³/mol. The number of thioether (sulfide) groups is 1. The number of nitro groups is 1. The van der Waals surface area contributed by atoms with Gasteiger partial charge in [0.05, 0.1) is 15.9 Å². The van der Waals surface area contributed by atoms with E-state index in [2.05, 4.69) is 10.3 Å². The first kappa shape index (κ1) is 21.1. The molecule has 0 radical (unpaired) electrons. The number of benzene rings is 2. The van der Waals surface area contributed by atoms with Gasteiger partial charge in [-0.1, -0.05) is 43.5 Å². The van der Waals surface area contributed by atoms with Crippen LogP contribution in [0.1, 0.15) is 37.7 Å². The van der Waals surface area contributed by atoms with Crippen LogP contribution in [0.5, 0.6) is 0 Å². The molecule has 31 heavy (non-hydrogen) atoms. The van der Waals surface area contributed by atoms with Crippen molar-refractivity contribution in [2.75, 3.05) is 11.9 Å². The van der Waals surface area contributed by atoms with Crippen molar-refractivity contribution in [3.05, 3.63) is 69.1 Å². The molecule has 1 saturated carbocycles. The summed E-state index contributed by atoms with van der Waals surface area (Å²) in [6, 6.07) is 14.7. The van der Waals surface area contributed by atoms with Crippen molar-refractivity contribution in [3.8, 4) is 0 Å². The molecule has 0 atom stereocenters. The van der Waals surface area contributed by atoms with Gasteiger partial charge in [0.15, 0.2) is 5.17 Å². The highest BCUT2D eigenvalue weighted by atomic mass is 32.2. The fourth-order valence-electron chi connectivity index (χ4n) is 3.87. The lowest BCUT2D eigenvalue weighted by atomic mass is 9.96. The van der Waals surface area contributed by atoms with Gasteiger partial charge in [-0.3, -0.25) is 19.9 Å². The second-order valence-electron chi connectivity index (χ2n) is 7.69. The molecular weight excluding hydrogens is 412 g/mol. The Hall–Kier alpha value is -3.13. The Kier molecular flexibility index (Phi) is 6.36. The van der Waals surface area contributed by atoms with Gasteiger partial charge in [-0.15, -0.1) is 0 Å². The zero-order chi connectivity index (χ0) is 21.8. The number of hydrogen-bond donors (Lipinski definition) is 1. The van der Waals surface area contributed by atoms with Crippen LogP contribution in [-0.2, 0) is 4.79 Å². The Morgan fingerprint density at radius 3 is 2.61 bits per heavy atom. The minimum atomic E-state index is -0.394. The summed E-state index contributed by atoms with van der Waals surface area (Å²) in [6.45, 7) is 0. The van der Waals surface area contributed by atoms with Gasteiger partial charge in [0.2, 0.25) is 0 Å². The van der Waals surface area contributed by atoms with Crippen molar-refractivity contribution in [2.24, 2.45) is 4.99 Å². The molecule has 7 nitrogen and oxygen atoms in total. The fourth-order valence-corrected chi connectivity index (χ4v) is 4.76. The summed E-state index contributed by atoms with van der Waals surface area (Å²) < 4.78 is 0. The van der Waals surface area contributed by atoms with E-state index in [4.69, 9.17) is 0 Å². The van der Waals surface area contributed by atoms with Crippen LogP contribution in [0.3, 0.4) is 0 Å². The second-order valence-corrected chi connectivity index (χ2v) is 8.72. The highest BCUT2D eigenvalue weighted by Crippen LogP contribution is 2.35. The molecule has 4 rings (SSSR count). The predicted octanol–water partition coefficient (Wildman–Crippen LogP) is 5.26. The number of rotatable bonds is 5. The number of anilines is 2. The molecule has 2 aromatic carbocycles. The molecule has 160 valence electrons. The molecule has 1 amide bonds. The zero-order valence-corrected chi connectivity index (χ0v) is 18.1. The molecule has 1 N–H and O–H groups in total. The number of aliphatic imine (C=N–C) groups is 1. The quantitative estimate of drug-likeness (QED) is 0.393. The molecule has 8 heteroatoms. The maximum absolute atomic E-state index is 12.4. The van der Waals surface area contributed by atoms with Crippen molar-refractivity contribution >= 4 is 46.0 Å². The summed E-state index contributed by atoms with van der Waals surface area (Å²) >= 11 is 1.30. The van der Waals surface area contributed by atoms with E-state index < -0.39 is 4.92 Å². The monoisotopic (exact) mass is 436 g/mol. The van der Waals surface area contributed by atoms with Gasteiger partial charge in [0.1, 0.15) is 5.69 Å². The van der Waals surface area contributed by atoms with E-state index in [0.717, 1.165) is 18.5 Å². The second kappa shape index (κ2) is 9.34. The summed E-state index contributed by atoms with van der Waals surface area (Å²) in [7, 11) is 1.80. The average Bonchev–Trinajstić information content (AvgIpc) is 3.12. The van der Waals surface area contributed by atoms with Crippen LogP contribution >= 0.6 is 11.8 Å². The minimum Gasteiger partial charge on any atom is -0.339 e. The molecule has 0 unspecified atom stereocenters. The molecule has 1 aliphatic carbocycles. The number of carbonyl (C=O) groups is 1. The summed E-state index contributed by atoms with van der Waals surface area (Å²) in [5.41, 5.74) is 1.93. The molecule has 1 aliphatic heterocycles. The van der Waals surface area contributed by atoms with Gasteiger partial charge in [0, 0.05) is 18.8 Å². The van der Waals surface area contributed by atoms with E-state index in [9.17, 15) is 14.9 Å². The lowest BCUT2D eigenvalue weighted by Gasteiger charge is -2.19. The van der Waals surface area contributed by atoms with Crippen LogP contribution in [-0.4, -0.2) is 29.1 Å². The molecule has 0 spiro atoms. The zero-order valence-electron chi connectivity index (χ0n) is 17.3. The first-order valence-corrected chi connectivity index (χ1v) is 11.2. The third-order valence-electron chi connectivity index (χ3n) is 5.52. The topological polar surface area (TPSA) is 87.8 Å². The van der Waals surface area contributed by atoms with Gasteiger partial charge in [0.25, 0.3) is 11.6 Å². The number of nitrogens with one attached hydrogen (secondary N) is 1. The molecule has 0 aromatic heterocycles. The maximum Gasteiger partial charge on any atom is 0.293 e. The molecule has 1 heterocycles. The largest absolute Gasteiger partial charge is 0.339 e. The third kappa shape index (κ3) is 4.96. The standard InChI is InChI=1S/C23H24N4O3S/c1-26(18-10-6-3-7-11-18)19-13-12-16(14-20(19)27(29)30)15-21-22(28)25-23(31-21)24-17-8-4-2-5-9-17/h3,6-7,10-15,17H,2,4-5,8-9H2,1H3,(H,24,25,28)/b21-15-. The van der Waals surface area contributed by atoms with Crippen molar-refractivity contribution in [3.63, 3.8) is 0 Å². The minimum absolute atomic E-state index is 0.0137. The number of carbonyl (C=O) groups excluding carboxylic acids is 1. The highest BCUT2D eigenvalue weighted by Gasteiger charge is 2.26. The van der Waals surface area contributed by atoms with Crippen molar-refractivity contribution in [1.29, 1.82) is 0 Å². The molecular formula is C23H24N4O3S. The Morgan fingerprint density at radius 1 is 1.16 bits per heavy atom. The Labute approximate surface area is 185 Å². The number of nitro benzene ring substituents is 1. The number of nitrogens with zero attached hydrogens (tertiary/aromatic N) is 3. The SMILES string of the molecule is CN(c1ccccc1)c1ccc(/C=C2\SC(=NC3CCCCC3)NC2=O)cc1[N+](=O)[O-]. The van der Waals surface area contributed by atoms with Crippen LogP contribution in [0, 0.1) is 10.1 Å². The molecule has 1 saturated heterocycles. The van der Waals surface area contributed by atoms with Gasteiger partial charge in [-0.05, 0) is 54.4 Å². The van der Waals surface area contributed by atoms with Crippen molar-refractivity contribution in [2.45, 2.75) is 38.1 Å². The first-order valence-electron chi connectivity index (χ1n) is 10.4. The van der Waals surface area contributed by atoms with E-state index in [-0.39, 0.29) is 17.6 Å². The average molecular weight is 437 g/mol. The Morgan fingerprint density at radius 2 is 1.90 bits per heavy atom. The highest BCUT2D eigenvalue weighted by molar-refractivity contribution is 8.18. The smallest absolute Gasteiger partial charge is 0.293 e. The van der Waals surface area contributed by atoms with Crippen LogP contribution in [0.4, 0.5) is 17.1 Å². The first-order chi connectivity index (χ1) is 15.0. The van der Waals surface area contributed by atoms with E-state index >= 15 is 0 Å². The lowest BCUT2D eigenvalue weighted by Crippen LogP contribution is -2.22. The molecule has 2 aliphatic rings. The van der Waals surface area contributed by atoms with E-state index in [1.165, 1.54) is 37.1 Å². The number of hydrogen-bond acceptors (Lipinski definition) is 6. The summed E-state index contributed by atoms with van der Waals surface area (Å²) in [4.78, 5) is 30.7. The summed E-state index contributed by atoms with van der Waals surface area (Å²) in [6.07, 6.45) is 7.40. The van der Waals surface area contributed by atoms with Crippen LogP contribution in [0.2, 0.25) is 0 Å². The van der Waals surface area contributed by atoms with E-state index in [1.807, 2.05) is 30.3 Å². The lowest BCUT2D eigenvalue weighted by molar-refractivity contribution is -0.384. The van der Waals surface area contributed by atoms with Crippen LogP contribution < -0.4 is 10.2 Å². The van der Waals surface area contributed by atoms with Crippen LogP contribution in [0.25, 0.3) is 6.08 Å². The van der Waals surface area contributed by atoms with E-state index in [0.29, 0.717) is 21.3 Å². The van der Waals surface area contributed by atoms with Crippen LogP contribution in [0.15, 0.2) is 58.4 Å². The van der Waals surface area contributed by atoms with Gasteiger partial charge in [-0.2, -0.15) is 0 Å².